The van der Waals surface area contributed by atoms with Gasteiger partial charge in [0, 0.05) is 47.3 Å². The number of rotatable bonds is 7. The topological polar surface area (TPSA) is 129 Å². The SMILES string of the molecule is CS(=O)(=O)c1cc(Cl)cc(NC(=O)c2cnn(-c3ncccc3OCc3cncnc3)c2)c1. The van der Waals surface area contributed by atoms with Crippen LogP contribution in [0.2, 0.25) is 5.02 Å². The van der Waals surface area contributed by atoms with Crippen molar-refractivity contribution in [2.75, 3.05) is 11.6 Å². The highest BCUT2D eigenvalue weighted by Gasteiger charge is 2.15. The second kappa shape index (κ2) is 9.35. The molecule has 33 heavy (non-hydrogen) atoms. The first-order chi connectivity index (χ1) is 15.8. The van der Waals surface area contributed by atoms with Crippen molar-refractivity contribution in [1.29, 1.82) is 0 Å². The summed E-state index contributed by atoms with van der Waals surface area (Å²) in [7, 11) is -3.49. The molecule has 10 nitrogen and oxygen atoms in total. The highest BCUT2D eigenvalue weighted by molar-refractivity contribution is 7.90. The molecule has 1 N–H and O–H groups in total. The Bertz CT molecular complexity index is 1410. The Morgan fingerprint density at radius 2 is 1.97 bits per heavy atom. The molecular weight excluding hydrogens is 468 g/mol. The monoisotopic (exact) mass is 484 g/mol. The van der Waals surface area contributed by atoms with E-state index in [9.17, 15) is 13.2 Å². The van der Waals surface area contributed by atoms with Crippen LogP contribution in [0.5, 0.6) is 5.75 Å². The van der Waals surface area contributed by atoms with Gasteiger partial charge in [0.25, 0.3) is 5.91 Å². The molecule has 0 saturated carbocycles. The van der Waals surface area contributed by atoms with Gasteiger partial charge in [-0.25, -0.2) is 28.1 Å². The van der Waals surface area contributed by atoms with Gasteiger partial charge in [-0.05, 0) is 30.3 Å². The van der Waals surface area contributed by atoms with E-state index in [-0.39, 0.29) is 27.8 Å². The lowest BCUT2D eigenvalue weighted by Crippen LogP contribution is -2.12. The molecule has 0 bridgehead atoms. The van der Waals surface area contributed by atoms with Gasteiger partial charge >= 0.3 is 0 Å². The van der Waals surface area contributed by atoms with Crippen molar-refractivity contribution in [3.05, 3.63) is 83.8 Å². The van der Waals surface area contributed by atoms with Crippen molar-refractivity contribution in [3.63, 3.8) is 0 Å². The Labute approximate surface area is 194 Å². The molecule has 4 rings (SSSR count). The number of halogens is 1. The molecule has 0 aliphatic carbocycles. The Kier molecular flexibility index (Phi) is 6.33. The zero-order valence-electron chi connectivity index (χ0n) is 17.2. The average Bonchev–Trinajstić information content (AvgIpc) is 3.28. The Morgan fingerprint density at radius 1 is 1.18 bits per heavy atom. The van der Waals surface area contributed by atoms with Gasteiger partial charge in [-0.1, -0.05) is 11.6 Å². The minimum Gasteiger partial charge on any atom is -0.485 e. The van der Waals surface area contributed by atoms with E-state index in [1.54, 1.807) is 30.7 Å². The van der Waals surface area contributed by atoms with Crippen molar-refractivity contribution in [1.82, 2.24) is 24.7 Å². The third-order valence-electron chi connectivity index (χ3n) is 4.38. The van der Waals surface area contributed by atoms with Crippen LogP contribution in [0, 0.1) is 0 Å². The zero-order valence-corrected chi connectivity index (χ0v) is 18.8. The lowest BCUT2D eigenvalue weighted by atomic mass is 10.3. The summed E-state index contributed by atoms with van der Waals surface area (Å²) in [5.41, 5.74) is 1.25. The van der Waals surface area contributed by atoms with E-state index in [1.807, 2.05) is 0 Å². The molecule has 0 fully saturated rings. The van der Waals surface area contributed by atoms with Crippen LogP contribution in [0.15, 0.2) is 72.5 Å². The van der Waals surface area contributed by atoms with Gasteiger partial charge in [-0.15, -0.1) is 0 Å². The maximum atomic E-state index is 12.7. The molecule has 0 aliphatic rings. The van der Waals surface area contributed by atoms with E-state index in [0.717, 1.165) is 11.8 Å². The lowest BCUT2D eigenvalue weighted by Gasteiger charge is -2.10. The predicted octanol–water partition coefficient (Wildman–Crippen LogP) is 2.95. The van der Waals surface area contributed by atoms with Gasteiger partial charge in [0.15, 0.2) is 21.4 Å². The molecule has 168 valence electrons. The van der Waals surface area contributed by atoms with E-state index in [4.69, 9.17) is 16.3 Å². The maximum Gasteiger partial charge on any atom is 0.258 e. The first kappa shape index (κ1) is 22.4. The number of ether oxygens (including phenoxy) is 1. The number of benzene rings is 1. The molecule has 1 amide bonds. The third kappa shape index (κ3) is 5.51. The molecule has 3 heterocycles. The van der Waals surface area contributed by atoms with Gasteiger partial charge in [-0.2, -0.15) is 5.10 Å². The largest absolute Gasteiger partial charge is 0.485 e. The molecule has 0 radical (unpaired) electrons. The molecule has 1 aromatic carbocycles. The number of pyridine rings is 1. The second-order valence-corrected chi connectivity index (χ2v) is 9.39. The van der Waals surface area contributed by atoms with Gasteiger partial charge in [0.05, 0.1) is 16.7 Å². The van der Waals surface area contributed by atoms with Gasteiger partial charge in [-0.3, -0.25) is 4.79 Å². The van der Waals surface area contributed by atoms with Crippen molar-refractivity contribution < 1.29 is 17.9 Å². The lowest BCUT2D eigenvalue weighted by molar-refractivity contribution is 0.102. The maximum absolute atomic E-state index is 12.7. The highest BCUT2D eigenvalue weighted by atomic mass is 35.5. The molecule has 0 aliphatic heterocycles. The van der Waals surface area contributed by atoms with E-state index < -0.39 is 15.7 Å². The van der Waals surface area contributed by atoms with Crippen LogP contribution in [0.25, 0.3) is 5.82 Å². The van der Waals surface area contributed by atoms with Crippen LogP contribution in [0.4, 0.5) is 5.69 Å². The van der Waals surface area contributed by atoms with E-state index in [2.05, 4.69) is 25.4 Å². The Morgan fingerprint density at radius 3 is 2.73 bits per heavy atom. The quantitative estimate of drug-likeness (QED) is 0.424. The second-order valence-electron chi connectivity index (χ2n) is 6.94. The number of nitrogens with zero attached hydrogens (tertiary/aromatic N) is 5. The van der Waals surface area contributed by atoms with Crippen LogP contribution in [0.3, 0.4) is 0 Å². The van der Waals surface area contributed by atoms with Gasteiger partial charge in [0.1, 0.15) is 12.9 Å². The fourth-order valence-corrected chi connectivity index (χ4v) is 3.82. The number of aromatic nitrogens is 5. The Balaban J connectivity index is 1.53. The normalized spacial score (nSPS) is 11.2. The number of amides is 1. The number of nitrogens with one attached hydrogen (secondary N) is 1. The third-order valence-corrected chi connectivity index (χ3v) is 5.69. The molecule has 12 heteroatoms. The number of hydrogen-bond acceptors (Lipinski definition) is 8. The summed E-state index contributed by atoms with van der Waals surface area (Å²) in [5.74, 6) is 0.336. The van der Waals surface area contributed by atoms with Crippen LogP contribution in [0.1, 0.15) is 15.9 Å². The molecule has 3 aromatic heterocycles. The predicted molar refractivity (Wildman–Crippen MR) is 120 cm³/mol. The fourth-order valence-electron chi connectivity index (χ4n) is 2.84. The van der Waals surface area contributed by atoms with Crippen molar-refractivity contribution in [2.24, 2.45) is 0 Å². The molecular formula is C21H17ClN6O4S. The first-order valence-corrected chi connectivity index (χ1v) is 11.8. The summed E-state index contributed by atoms with van der Waals surface area (Å²) in [6.45, 7) is 0.228. The van der Waals surface area contributed by atoms with Crippen LogP contribution in [-0.2, 0) is 16.4 Å². The standard InChI is InChI=1S/C21H17ClN6O4S/c1-33(30,31)18-6-16(22)5-17(7-18)27-21(29)15-10-26-28(11-15)20-19(3-2-4-25-20)32-12-14-8-23-13-24-9-14/h2-11,13H,12H2,1H3,(H,27,29). The summed E-state index contributed by atoms with van der Waals surface area (Å²) in [5, 5.41) is 7.02. The molecule has 0 unspecified atom stereocenters. The first-order valence-electron chi connectivity index (χ1n) is 9.48. The summed E-state index contributed by atoms with van der Waals surface area (Å²) >= 11 is 6.00. The van der Waals surface area contributed by atoms with Crippen LogP contribution >= 0.6 is 11.6 Å². The molecule has 4 aromatic rings. The minimum absolute atomic E-state index is 0.0000809. The number of carbonyl (C=O) groups excluding carboxylic acids is 1. The van der Waals surface area contributed by atoms with E-state index in [1.165, 1.54) is 41.6 Å². The summed E-state index contributed by atoms with van der Waals surface area (Å²) in [4.78, 5) is 24.9. The molecule has 0 saturated heterocycles. The minimum atomic E-state index is -3.49. The molecule has 0 spiro atoms. The number of anilines is 1. The van der Waals surface area contributed by atoms with E-state index >= 15 is 0 Å². The fraction of sp³-hybridized carbons (Fsp3) is 0.0952. The highest BCUT2D eigenvalue weighted by Crippen LogP contribution is 2.24. The number of sulfone groups is 1. The van der Waals surface area contributed by atoms with Crippen molar-refractivity contribution in [3.8, 4) is 11.6 Å². The summed E-state index contributed by atoms with van der Waals surface area (Å²) < 4.78 is 30.9. The average molecular weight is 485 g/mol. The van der Waals surface area contributed by atoms with Crippen LogP contribution < -0.4 is 10.1 Å². The van der Waals surface area contributed by atoms with Gasteiger partial charge in [0.2, 0.25) is 0 Å². The van der Waals surface area contributed by atoms with Crippen molar-refractivity contribution >= 4 is 33.0 Å². The summed E-state index contributed by atoms with van der Waals surface area (Å²) in [6.07, 6.45) is 10.2. The summed E-state index contributed by atoms with van der Waals surface area (Å²) in [6, 6.07) is 7.55. The van der Waals surface area contributed by atoms with Crippen LogP contribution in [-0.4, -0.2) is 45.3 Å². The van der Waals surface area contributed by atoms with Gasteiger partial charge < -0.3 is 10.1 Å². The molecule has 0 atom stereocenters. The Hall–Kier alpha value is -3.83. The van der Waals surface area contributed by atoms with E-state index in [0.29, 0.717) is 11.6 Å². The zero-order chi connectivity index (χ0) is 23.4. The number of hydrogen-bond donors (Lipinski definition) is 1. The number of carbonyl (C=O) groups is 1. The smallest absolute Gasteiger partial charge is 0.258 e. The van der Waals surface area contributed by atoms with Crippen molar-refractivity contribution in [2.45, 2.75) is 11.5 Å².